The van der Waals surface area contributed by atoms with Crippen molar-refractivity contribution < 1.29 is 24.1 Å². The molecule has 1 saturated heterocycles. The van der Waals surface area contributed by atoms with Crippen LogP contribution in [0.3, 0.4) is 0 Å². The number of nitrogens with zero attached hydrogens (tertiary/aromatic N) is 5. The van der Waals surface area contributed by atoms with Crippen molar-refractivity contribution in [2.45, 2.75) is 76.6 Å². The number of carbonyl (C=O) groups excluding carboxylic acids is 1. The van der Waals surface area contributed by atoms with Crippen LogP contribution in [0.15, 0.2) is 53.6 Å². The maximum absolute atomic E-state index is 13.8. The Kier molecular flexibility index (Phi) is 8.40. The van der Waals surface area contributed by atoms with Gasteiger partial charge >= 0.3 is 0 Å². The molecule has 1 amide bonds. The van der Waals surface area contributed by atoms with Gasteiger partial charge in [-0.25, -0.2) is 18.1 Å². The summed E-state index contributed by atoms with van der Waals surface area (Å²) in [5.74, 6) is -0.214. The molecule has 0 spiro atoms. The summed E-state index contributed by atoms with van der Waals surface area (Å²) in [6.45, 7) is 10.1. The lowest BCUT2D eigenvalue weighted by Crippen LogP contribution is -2.48. The molecule has 2 aliphatic rings. The molecule has 2 aliphatic heterocycles. The predicted octanol–water partition coefficient (Wildman–Crippen LogP) is 4.11. The Morgan fingerprint density at radius 2 is 1.98 bits per heavy atom. The molecule has 4 aromatic rings. The third-order valence-electron chi connectivity index (χ3n) is 8.67. The quantitative estimate of drug-likeness (QED) is 0.296. The Balaban J connectivity index is 0.00000400. The van der Waals surface area contributed by atoms with Crippen molar-refractivity contribution in [3.05, 3.63) is 76.5 Å². The summed E-state index contributed by atoms with van der Waals surface area (Å²) in [6, 6.07) is 13.3. The summed E-state index contributed by atoms with van der Waals surface area (Å²) in [4.78, 5) is 17.6. The maximum atomic E-state index is 13.8. The number of sulfonamides is 1. The van der Waals surface area contributed by atoms with Gasteiger partial charge in [-0.05, 0) is 73.2 Å². The SMILES string of the molecule is CC[C@@H]1CN(Cc2cc([C@H](CC(=O)NC3COC3)c3ccc4c(nnn4CC)c3C)ccc2C)S(=O)(=O)c2cccnc2O1.[HH]. The van der Waals surface area contributed by atoms with Crippen LogP contribution in [0.4, 0.5) is 0 Å². The van der Waals surface area contributed by atoms with Gasteiger partial charge < -0.3 is 14.8 Å². The van der Waals surface area contributed by atoms with E-state index in [1.165, 1.54) is 4.31 Å². The van der Waals surface area contributed by atoms with Crippen molar-refractivity contribution >= 4 is 27.0 Å². The Bertz CT molecular complexity index is 1810. The van der Waals surface area contributed by atoms with Gasteiger partial charge in [0.05, 0.1) is 31.3 Å². The minimum Gasteiger partial charge on any atom is -0.472 e. The van der Waals surface area contributed by atoms with Gasteiger partial charge in [0.1, 0.15) is 16.5 Å². The molecule has 2 atom stereocenters. The van der Waals surface area contributed by atoms with Crippen molar-refractivity contribution in [3.63, 3.8) is 0 Å². The zero-order valence-corrected chi connectivity index (χ0v) is 26.3. The molecule has 0 radical (unpaired) electrons. The van der Waals surface area contributed by atoms with Crippen molar-refractivity contribution in [1.29, 1.82) is 0 Å². The Morgan fingerprint density at radius 1 is 1.16 bits per heavy atom. The molecular weight excluding hydrogens is 580 g/mol. The summed E-state index contributed by atoms with van der Waals surface area (Å²) < 4.78 is 42.3. The topological polar surface area (TPSA) is 129 Å². The Labute approximate surface area is 259 Å². The number of aromatic nitrogens is 4. The first kappa shape index (κ1) is 30.2. The summed E-state index contributed by atoms with van der Waals surface area (Å²) in [7, 11) is -3.87. The van der Waals surface area contributed by atoms with Gasteiger partial charge in [-0.2, -0.15) is 4.31 Å². The first-order valence-corrected chi connectivity index (χ1v) is 16.5. The highest BCUT2D eigenvalue weighted by molar-refractivity contribution is 7.89. The van der Waals surface area contributed by atoms with Crippen LogP contribution in [0, 0.1) is 13.8 Å². The van der Waals surface area contributed by atoms with Gasteiger partial charge in [0.15, 0.2) is 0 Å². The lowest BCUT2D eigenvalue weighted by atomic mass is 9.84. The van der Waals surface area contributed by atoms with Gasteiger partial charge in [0.25, 0.3) is 0 Å². The predicted molar refractivity (Wildman–Crippen MR) is 167 cm³/mol. The van der Waals surface area contributed by atoms with Crippen LogP contribution in [0.5, 0.6) is 5.88 Å². The van der Waals surface area contributed by atoms with Crippen molar-refractivity contribution in [2.24, 2.45) is 0 Å². The average molecular weight is 621 g/mol. The Morgan fingerprint density at radius 3 is 2.70 bits per heavy atom. The summed E-state index contributed by atoms with van der Waals surface area (Å²) in [5.41, 5.74) is 6.45. The molecule has 4 heterocycles. The van der Waals surface area contributed by atoms with Crippen LogP contribution in [0.2, 0.25) is 0 Å². The second-order valence-corrected chi connectivity index (χ2v) is 13.5. The molecule has 1 N–H and O–H groups in total. The fourth-order valence-corrected chi connectivity index (χ4v) is 7.46. The van der Waals surface area contributed by atoms with Crippen LogP contribution in [-0.2, 0) is 32.6 Å². The number of rotatable bonds is 9. The number of nitrogens with one attached hydrogen (secondary N) is 1. The van der Waals surface area contributed by atoms with E-state index in [0.717, 1.165) is 38.9 Å². The molecule has 11 nitrogen and oxygen atoms in total. The number of pyridine rings is 1. The summed E-state index contributed by atoms with van der Waals surface area (Å²) >= 11 is 0. The normalized spacial score (nSPS) is 19.0. The molecule has 2 aromatic carbocycles. The van der Waals surface area contributed by atoms with Gasteiger partial charge in [-0.3, -0.25) is 4.79 Å². The van der Waals surface area contributed by atoms with Gasteiger partial charge in [-0.1, -0.05) is 36.4 Å². The number of fused-ring (bicyclic) bond motifs is 2. The molecular formula is C32H40N6O5S. The van der Waals surface area contributed by atoms with E-state index in [2.05, 4.69) is 26.7 Å². The number of aryl methyl sites for hydroxylation is 3. The molecule has 0 saturated carbocycles. The number of amides is 1. The van der Waals surface area contributed by atoms with E-state index >= 15 is 0 Å². The third kappa shape index (κ3) is 5.69. The van der Waals surface area contributed by atoms with Gasteiger partial charge in [0, 0.05) is 33.1 Å². The van der Waals surface area contributed by atoms with Gasteiger partial charge in [-0.15, -0.1) is 5.10 Å². The molecule has 2 aromatic heterocycles. The van der Waals surface area contributed by atoms with Crippen LogP contribution in [0.1, 0.15) is 61.9 Å². The second-order valence-electron chi connectivity index (χ2n) is 11.5. The first-order chi connectivity index (χ1) is 21.2. The summed E-state index contributed by atoms with van der Waals surface area (Å²) in [5, 5.41) is 11.8. The highest BCUT2D eigenvalue weighted by Crippen LogP contribution is 2.36. The maximum Gasteiger partial charge on any atom is 0.248 e. The van der Waals surface area contributed by atoms with E-state index in [0.29, 0.717) is 26.2 Å². The molecule has 12 heteroatoms. The van der Waals surface area contributed by atoms with E-state index < -0.39 is 10.0 Å². The molecule has 0 bridgehead atoms. The van der Waals surface area contributed by atoms with Crippen LogP contribution in [0.25, 0.3) is 11.0 Å². The average Bonchev–Trinajstić information content (AvgIpc) is 3.38. The fourth-order valence-electron chi connectivity index (χ4n) is 5.94. The molecule has 1 fully saturated rings. The minimum absolute atomic E-state index is 0. The molecule has 234 valence electrons. The van der Waals surface area contributed by atoms with E-state index in [4.69, 9.17) is 9.47 Å². The zero-order chi connectivity index (χ0) is 31.0. The second kappa shape index (κ2) is 12.3. The molecule has 6 rings (SSSR count). The lowest BCUT2D eigenvalue weighted by molar-refractivity contribution is -0.125. The zero-order valence-electron chi connectivity index (χ0n) is 25.5. The van der Waals surface area contributed by atoms with Crippen molar-refractivity contribution in [3.8, 4) is 5.88 Å². The van der Waals surface area contributed by atoms with Crippen molar-refractivity contribution in [1.82, 2.24) is 29.6 Å². The number of ether oxygens (including phenoxy) is 2. The third-order valence-corrected chi connectivity index (χ3v) is 10.5. The van der Waals surface area contributed by atoms with Gasteiger partial charge in [0.2, 0.25) is 21.8 Å². The van der Waals surface area contributed by atoms with Crippen molar-refractivity contribution in [2.75, 3.05) is 19.8 Å². The highest BCUT2D eigenvalue weighted by atomic mass is 32.2. The summed E-state index contributed by atoms with van der Waals surface area (Å²) in [6.07, 6.45) is 2.07. The van der Waals surface area contributed by atoms with E-state index in [9.17, 15) is 13.2 Å². The minimum atomic E-state index is -3.87. The smallest absolute Gasteiger partial charge is 0.248 e. The number of hydrogen-bond donors (Lipinski definition) is 1. The van der Waals surface area contributed by atoms with Crippen LogP contribution in [-0.4, -0.2) is 70.5 Å². The van der Waals surface area contributed by atoms with E-state index in [1.807, 2.05) is 56.6 Å². The molecule has 0 aliphatic carbocycles. The molecule has 0 unspecified atom stereocenters. The monoisotopic (exact) mass is 620 g/mol. The number of carbonyl (C=O) groups is 1. The lowest BCUT2D eigenvalue weighted by Gasteiger charge is -2.28. The molecule has 44 heavy (non-hydrogen) atoms. The van der Waals surface area contributed by atoms with E-state index in [-0.39, 0.29) is 55.7 Å². The van der Waals surface area contributed by atoms with Crippen LogP contribution >= 0.6 is 0 Å². The number of benzene rings is 2. The number of hydrogen-bond acceptors (Lipinski definition) is 8. The van der Waals surface area contributed by atoms with Crippen LogP contribution < -0.4 is 10.1 Å². The standard InChI is InChI=1S/C32H38N6O5S.H2/c1-5-25-17-37(44(40,41)29-8-7-13-33-32(29)43-25)16-23-14-22(10-9-20(23)3)27(15-30(39)34-24-18-42-19-24)26-11-12-28-31(21(26)4)35-36-38(28)6-2;/h7-14,24-25,27H,5-6,15-19H2,1-4H3,(H,34,39);1H/t25-,27+;/m1./s1. The fraction of sp³-hybridized carbons (Fsp3) is 0.438. The van der Waals surface area contributed by atoms with E-state index in [1.54, 1.807) is 18.3 Å². The highest BCUT2D eigenvalue weighted by Gasteiger charge is 2.35. The first-order valence-electron chi connectivity index (χ1n) is 15.1. The Hall–Kier alpha value is -3.87. The largest absolute Gasteiger partial charge is 0.472 e.